The van der Waals surface area contributed by atoms with Gasteiger partial charge in [-0.2, -0.15) is 0 Å². The maximum atomic E-state index is 12.0. The van der Waals surface area contributed by atoms with Gasteiger partial charge in [-0.1, -0.05) is 18.2 Å². The summed E-state index contributed by atoms with van der Waals surface area (Å²) in [6, 6.07) is 11.8. The van der Waals surface area contributed by atoms with Crippen LogP contribution < -0.4 is 10.6 Å². The number of aromatic amines is 1. The molecule has 0 aliphatic heterocycles. The largest absolute Gasteiger partial charge is 0.383 e. The van der Waals surface area contributed by atoms with Gasteiger partial charge in [-0.25, -0.2) is 0 Å². The molecule has 0 bridgehead atoms. The van der Waals surface area contributed by atoms with Gasteiger partial charge in [-0.15, -0.1) is 0 Å². The van der Waals surface area contributed by atoms with Gasteiger partial charge >= 0.3 is 0 Å². The van der Waals surface area contributed by atoms with E-state index in [2.05, 4.69) is 15.6 Å². The predicted molar refractivity (Wildman–Crippen MR) is 77.4 cm³/mol. The predicted octanol–water partition coefficient (Wildman–Crippen LogP) is 2.55. The lowest BCUT2D eigenvalue weighted by Crippen LogP contribution is -2.37. The van der Waals surface area contributed by atoms with Crippen LogP contribution in [0.3, 0.4) is 0 Å². The number of rotatable bonds is 5. The SMILES string of the molecule is Cc1[nH]ccc1C(=O)N[C@H](C)CNc1ccccc1. The number of hydrogen-bond donors (Lipinski definition) is 3. The molecule has 3 N–H and O–H groups in total. The van der Waals surface area contributed by atoms with E-state index >= 15 is 0 Å². The zero-order valence-corrected chi connectivity index (χ0v) is 11.2. The molecule has 4 nitrogen and oxygen atoms in total. The maximum absolute atomic E-state index is 12.0. The van der Waals surface area contributed by atoms with Crippen LogP contribution in [0, 0.1) is 6.92 Å². The van der Waals surface area contributed by atoms with Crippen molar-refractivity contribution in [3.05, 3.63) is 53.9 Å². The van der Waals surface area contributed by atoms with Crippen LogP contribution in [-0.4, -0.2) is 23.5 Å². The van der Waals surface area contributed by atoms with E-state index < -0.39 is 0 Å². The quantitative estimate of drug-likeness (QED) is 0.771. The Kier molecular flexibility index (Phi) is 4.23. The number of amides is 1. The molecule has 2 aromatic rings. The molecule has 1 aromatic heterocycles. The third-order valence-corrected chi connectivity index (χ3v) is 2.96. The number of benzene rings is 1. The molecule has 1 aromatic carbocycles. The summed E-state index contributed by atoms with van der Waals surface area (Å²) in [6.07, 6.45) is 1.77. The van der Waals surface area contributed by atoms with E-state index in [1.807, 2.05) is 44.2 Å². The Morgan fingerprint density at radius 1 is 1.26 bits per heavy atom. The number of nitrogens with one attached hydrogen (secondary N) is 3. The zero-order chi connectivity index (χ0) is 13.7. The van der Waals surface area contributed by atoms with Crippen molar-refractivity contribution in [1.82, 2.24) is 10.3 Å². The molecule has 0 aliphatic rings. The molecule has 19 heavy (non-hydrogen) atoms. The van der Waals surface area contributed by atoms with E-state index in [4.69, 9.17) is 0 Å². The number of para-hydroxylation sites is 1. The van der Waals surface area contributed by atoms with Gasteiger partial charge in [-0.3, -0.25) is 4.79 Å². The number of aryl methyl sites for hydroxylation is 1. The van der Waals surface area contributed by atoms with Crippen molar-refractivity contribution in [2.45, 2.75) is 19.9 Å². The summed E-state index contributed by atoms with van der Waals surface area (Å²) >= 11 is 0. The summed E-state index contributed by atoms with van der Waals surface area (Å²) in [7, 11) is 0. The van der Waals surface area contributed by atoms with E-state index in [-0.39, 0.29) is 11.9 Å². The van der Waals surface area contributed by atoms with Gasteiger partial charge in [0.2, 0.25) is 0 Å². The van der Waals surface area contributed by atoms with Crippen molar-refractivity contribution < 1.29 is 4.79 Å². The second-order valence-corrected chi connectivity index (χ2v) is 4.64. The molecule has 2 rings (SSSR count). The lowest BCUT2D eigenvalue weighted by Gasteiger charge is -2.15. The second-order valence-electron chi connectivity index (χ2n) is 4.64. The Morgan fingerprint density at radius 2 is 2.00 bits per heavy atom. The van der Waals surface area contributed by atoms with Crippen molar-refractivity contribution in [2.75, 3.05) is 11.9 Å². The Bertz CT molecular complexity index is 533. The van der Waals surface area contributed by atoms with Gasteiger partial charge in [0, 0.05) is 30.2 Å². The molecule has 1 atom stereocenters. The molecule has 0 radical (unpaired) electrons. The molecule has 0 saturated heterocycles. The van der Waals surface area contributed by atoms with Crippen molar-refractivity contribution in [3.8, 4) is 0 Å². The lowest BCUT2D eigenvalue weighted by molar-refractivity contribution is 0.0941. The van der Waals surface area contributed by atoms with Gasteiger partial charge in [0.05, 0.1) is 5.56 Å². The number of anilines is 1. The third-order valence-electron chi connectivity index (χ3n) is 2.96. The first-order valence-electron chi connectivity index (χ1n) is 6.40. The number of carbonyl (C=O) groups is 1. The monoisotopic (exact) mass is 257 g/mol. The average Bonchev–Trinajstić information content (AvgIpc) is 2.84. The van der Waals surface area contributed by atoms with Crippen molar-refractivity contribution >= 4 is 11.6 Å². The van der Waals surface area contributed by atoms with E-state index in [0.29, 0.717) is 12.1 Å². The fourth-order valence-electron chi connectivity index (χ4n) is 1.88. The van der Waals surface area contributed by atoms with Gasteiger partial charge < -0.3 is 15.6 Å². The summed E-state index contributed by atoms with van der Waals surface area (Å²) in [5, 5.41) is 6.26. The number of aromatic nitrogens is 1. The Balaban J connectivity index is 1.83. The number of hydrogen-bond acceptors (Lipinski definition) is 2. The molecule has 0 spiro atoms. The molecule has 0 aliphatic carbocycles. The van der Waals surface area contributed by atoms with E-state index in [0.717, 1.165) is 11.4 Å². The minimum atomic E-state index is -0.0406. The molecule has 0 saturated carbocycles. The van der Waals surface area contributed by atoms with Gasteiger partial charge in [0.15, 0.2) is 0 Å². The minimum Gasteiger partial charge on any atom is -0.383 e. The summed E-state index contributed by atoms with van der Waals surface area (Å²) in [6.45, 7) is 4.57. The van der Waals surface area contributed by atoms with Crippen LogP contribution >= 0.6 is 0 Å². The Morgan fingerprint density at radius 3 is 2.63 bits per heavy atom. The summed E-state index contributed by atoms with van der Waals surface area (Å²) in [4.78, 5) is 15.0. The fraction of sp³-hybridized carbons (Fsp3) is 0.267. The van der Waals surface area contributed by atoms with Crippen LogP contribution in [0.5, 0.6) is 0 Å². The molecule has 1 heterocycles. The highest BCUT2D eigenvalue weighted by Gasteiger charge is 2.12. The van der Waals surface area contributed by atoms with Crippen LogP contribution in [0.4, 0.5) is 5.69 Å². The van der Waals surface area contributed by atoms with Crippen LogP contribution in [0.1, 0.15) is 23.0 Å². The number of H-pyrrole nitrogens is 1. The lowest BCUT2D eigenvalue weighted by atomic mass is 10.2. The summed E-state index contributed by atoms with van der Waals surface area (Å²) < 4.78 is 0. The fourth-order valence-corrected chi connectivity index (χ4v) is 1.88. The highest BCUT2D eigenvalue weighted by molar-refractivity contribution is 5.95. The summed E-state index contributed by atoms with van der Waals surface area (Å²) in [5.74, 6) is -0.0406. The van der Waals surface area contributed by atoms with Gasteiger partial charge in [0.25, 0.3) is 5.91 Å². The molecule has 100 valence electrons. The van der Waals surface area contributed by atoms with Crippen LogP contribution in [0.2, 0.25) is 0 Å². The average molecular weight is 257 g/mol. The molecular formula is C15H19N3O. The Hall–Kier alpha value is -2.23. The standard InChI is InChI=1S/C15H19N3O/c1-11(10-17-13-6-4-3-5-7-13)18-15(19)14-8-9-16-12(14)2/h3-9,11,16-17H,10H2,1-2H3,(H,18,19)/t11-/m1/s1. The first-order valence-corrected chi connectivity index (χ1v) is 6.40. The minimum absolute atomic E-state index is 0.0406. The highest BCUT2D eigenvalue weighted by Crippen LogP contribution is 2.06. The second kappa shape index (κ2) is 6.09. The smallest absolute Gasteiger partial charge is 0.253 e. The van der Waals surface area contributed by atoms with Crippen LogP contribution in [-0.2, 0) is 0 Å². The highest BCUT2D eigenvalue weighted by atomic mass is 16.1. The maximum Gasteiger partial charge on any atom is 0.253 e. The van der Waals surface area contributed by atoms with E-state index in [9.17, 15) is 4.79 Å². The van der Waals surface area contributed by atoms with E-state index in [1.54, 1.807) is 12.3 Å². The molecular weight excluding hydrogens is 238 g/mol. The van der Waals surface area contributed by atoms with Crippen molar-refractivity contribution in [3.63, 3.8) is 0 Å². The topological polar surface area (TPSA) is 56.9 Å². The molecule has 0 fully saturated rings. The first kappa shape index (κ1) is 13.2. The third kappa shape index (κ3) is 3.61. The van der Waals surface area contributed by atoms with Gasteiger partial charge in [-0.05, 0) is 32.0 Å². The van der Waals surface area contributed by atoms with Gasteiger partial charge in [0.1, 0.15) is 0 Å². The van der Waals surface area contributed by atoms with Crippen molar-refractivity contribution in [2.24, 2.45) is 0 Å². The summed E-state index contributed by atoms with van der Waals surface area (Å²) in [5.41, 5.74) is 2.65. The molecule has 4 heteroatoms. The van der Waals surface area contributed by atoms with Crippen molar-refractivity contribution in [1.29, 1.82) is 0 Å². The molecule has 1 amide bonds. The number of carbonyl (C=O) groups excluding carboxylic acids is 1. The molecule has 0 unspecified atom stereocenters. The normalized spacial score (nSPS) is 11.9. The van der Waals surface area contributed by atoms with Crippen LogP contribution in [0.25, 0.3) is 0 Å². The Labute approximate surface area is 113 Å². The van der Waals surface area contributed by atoms with Crippen LogP contribution in [0.15, 0.2) is 42.6 Å². The first-order chi connectivity index (χ1) is 9.16. The zero-order valence-electron chi connectivity index (χ0n) is 11.2. The van der Waals surface area contributed by atoms with E-state index in [1.165, 1.54) is 0 Å².